The van der Waals surface area contributed by atoms with Crippen LogP contribution in [0.3, 0.4) is 0 Å². The fourth-order valence-corrected chi connectivity index (χ4v) is 3.74. The number of carbonyl (C=O) groups is 3. The van der Waals surface area contributed by atoms with Gasteiger partial charge in [0.15, 0.2) is 0 Å². The lowest BCUT2D eigenvalue weighted by molar-refractivity contribution is -0.134. The number of rotatable bonds is 3. The maximum atomic E-state index is 13.0. The zero-order chi connectivity index (χ0) is 19.0. The van der Waals surface area contributed by atoms with Gasteiger partial charge in [-0.1, -0.05) is 30.3 Å². The van der Waals surface area contributed by atoms with E-state index in [1.54, 1.807) is 18.2 Å². The van der Waals surface area contributed by atoms with Gasteiger partial charge in [0.05, 0.1) is 11.6 Å². The van der Waals surface area contributed by atoms with Crippen LogP contribution in [0.15, 0.2) is 48.5 Å². The molecule has 0 unspecified atom stereocenters. The van der Waals surface area contributed by atoms with Crippen molar-refractivity contribution in [3.63, 3.8) is 0 Å². The van der Waals surface area contributed by atoms with E-state index in [0.717, 1.165) is 16.0 Å². The summed E-state index contributed by atoms with van der Waals surface area (Å²) in [7, 11) is 0. The van der Waals surface area contributed by atoms with Crippen LogP contribution < -0.4 is 10.6 Å². The van der Waals surface area contributed by atoms with Gasteiger partial charge in [0.25, 0.3) is 5.91 Å². The minimum absolute atomic E-state index is 0.384. The van der Waals surface area contributed by atoms with E-state index in [-0.39, 0.29) is 6.54 Å². The zero-order valence-electron chi connectivity index (χ0n) is 14.4. The summed E-state index contributed by atoms with van der Waals surface area (Å²) in [6.45, 7) is -0.384. The second-order valence-electron chi connectivity index (χ2n) is 6.62. The number of anilines is 1. The van der Waals surface area contributed by atoms with Gasteiger partial charge in [-0.3, -0.25) is 14.5 Å². The molecular weight excluding hydrogens is 344 g/mol. The largest absolute Gasteiger partial charge is 0.325 e. The van der Waals surface area contributed by atoms with E-state index < -0.39 is 23.4 Å². The Morgan fingerprint density at radius 3 is 2.85 bits per heavy atom. The quantitative estimate of drug-likeness (QED) is 0.816. The molecule has 0 radical (unpaired) electrons. The second kappa shape index (κ2) is 6.25. The molecule has 2 N–H and O–H groups in total. The summed E-state index contributed by atoms with van der Waals surface area (Å²) in [5.74, 6) is -0.907. The van der Waals surface area contributed by atoms with Crippen molar-refractivity contribution in [1.29, 1.82) is 5.26 Å². The molecular formula is C20H16N4O3. The van der Waals surface area contributed by atoms with Crippen molar-refractivity contribution >= 4 is 23.5 Å². The summed E-state index contributed by atoms with van der Waals surface area (Å²) in [5, 5.41) is 14.3. The van der Waals surface area contributed by atoms with E-state index in [1.165, 1.54) is 6.07 Å². The molecule has 7 nitrogen and oxygen atoms in total. The van der Waals surface area contributed by atoms with Crippen LogP contribution in [0.1, 0.15) is 23.1 Å². The van der Waals surface area contributed by atoms with Crippen LogP contribution in [0.5, 0.6) is 0 Å². The van der Waals surface area contributed by atoms with E-state index in [2.05, 4.69) is 10.6 Å². The number of benzene rings is 2. The van der Waals surface area contributed by atoms with Crippen molar-refractivity contribution in [3.05, 3.63) is 65.2 Å². The number of hydrogen-bond donors (Lipinski definition) is 2. The molecule has 0 bridgehead atoms. The molecule has 1 saturated heterocycles. The van der Waals surface area contributed by atoms with Gasteiger partial charge < -0.3 is 10.6 Å². The third-order valence-electron chi connectivity index (χ3n) is 5.00. The molecule has 1 fully saturated rings. The molecule has 1 aliphatic carbocycles. The molecule has 1 atom stereocenters. The van der Waals surface area contributed by atoms with E-state index in [4.69, 9.17) is 5.26 Å². The fourth-order valence-electron chi connectivity index (χ4n) is 3.74. The van der Waals surface area contributed by atoms with Crippen LogP contribution in [0.2, 0.25) is 0 Å². The van der Waals surface area contributed by atoms with E-state index >= 15 is 0 Å². The SMILES string of the molecule is N#Cc1cccc(NC(=O)CN2C(=O)N[C@]3(CCc4ccccc43)C2=O)c1. The Kier molecular flexibility index (Phi) is 3.89. The Morgan fingerprint density at radius 2 is 2.04 bits per heavy atom. The third kappa shape index (κ3) is 2.72. The molecule has 1 spiro atoms. The summed E-state index contributed by atoms with van der Waals surface area (Å²) in [6, 6.07) is 15.4. The van der Waals surface area contributed by atoms with E-state index in [1.807, 2.05) is 30.3 Å². The van der Waals surface area contributed by atoms with Gasteiger partial charge in [-0.25, -0.2) is 4.79 Å². The summed E-state index contributed by atoms with van der Waals surface area (Å²) < 4.78 is 0. The molecule has 2 aromatic rings. The maximum Gasteiger partial charge on any atom is 0.325 e. The molecule has 134 valence electrons. The van der Waals surface area contributed by atoms with Gasteiger partial charge in [0.2, 0.25) is 5.91 Å². The van der Waals surface area contributed by atoms with Crippen LogP contribution in [0.4, 0.5) is 10.5 Å². The number of amides is 4. The first kappa shape index (κ1) is 16.8. The number of imide groups is 1. The number of urea groups is 1. The Morgan fingerprint density at radius 1 is 1.22 bits per heavy atom. The Labute approximate surface area is 155 Å². The highest BCUT2D eigenvalue weighted by atomic mass is 16.2. The average molecular weight is 360 g/mol. The predicted molar refractivity (Wildman–Crippen MR) is 96.5 cm³/mol. The van der Waals surface area contributed by atoms with Crippen molar-refractivity contribution in [2.75, 3.05) is 11.9 Å². The highest BCUT2D eigenvalue weighted by molar-refractivity contribution is 6.10. The number of nitrogens with one attached hydrogen (secondary N) is 2. The molecule has 1 heterocycles. The molecule has 1 aliphatic heterocycles. The molecule has 0 saturated carbocycles. The molecule has 27 heavy (non-hydrogen) atoms. The molecule has 2 aliphatic rings. The smallest absolute Gasteiger partial charge is 0.324 e. The van der Waals surface area contributed by atoms with Crippen LogP contribution in [0.25, 0.3) is 0 Å². The lowest BCUT2D eigenvalue weighted by Gasteiger charge is -2.22. The predicted octanol–water partition coefficient (Wildman–Crippen LogP) is 1.89. The van der Waals surface area contributed by atoms with Gasteiger partial charge in [0, 0.05) is 5.69 Å². The molecule has 2 aromatic carbocycles. The van der Waals surface area contributed by atoms with Crippen LogP contribution in [-0.4, -0.2) is 29.3 Å². The van der Waals surface area contributed by atoms with Crippen molar-refractivity contribution in [2.24, 2.45) is 0 Å². The monoisotopic (exact) mass is 360 g/mol. The summed E-state index contributed by atoms with van der Waals surface area (Å²) in [4.78, 5) is 38.7. The molecule has 4 rings (SSSR count). The minimum atomic E-state index is -1.07. The molecule has 7 heteroatoms. The van der Waals surface area contributed by atoms with E-state index in [0.29, 0.717) is 24.1 Å². The van der Waals surface area contributed by atoms with Gasteiger partial charge in [-0.05, 0) is 42.2 Å². The second-order valence-corrected chi connectivity index (χ2v) is 6.62. The first-order valence-corrected chi connectivity index (χ1v) is 8.56. The maximum absolute atomic E-state index is 13.0. The first-order valence-electron chi connectivity index (χ1n) is 8.56. The van der Waals surface area contributed by atoms with Crippen molar-refractivity contribution < 1.29 is 14.4 Å². The van der Waals surface area contributed by atoms with E-state index in [9.17, 15) is 14.4 Å². The number of aryl methyl sites for hydroxylation is 1. The Balaban J connectivity index is 1.52. The Bertz CT molecular complexity index is 1010. The molecule has 0 aromatic heterocycles. The normalized spacial score (nSPS) is 20.3. The average Bonchev–Trinajstić information content (AvgIpc) is 3.15. The lowest BCUT2D eigenvalue weighted by atomic mass is 9.92. The van der Waals surface area contributed by atoms with Crippen LogP contribution >= 0.6 is 0 Å². The number of carbonyl (C=O) groups excluding carboxylic acids is 3. The summed E-state index contributed by atoms with van der Waals surface area (Å²) in [6.07, 6.45) is 1.18. The fraction of sp³-hybridized carbons (Fsp3) is 0.200. The summed E-state index contributed by atoms with van der Waals surface area (Å²) in [5.41, 5.74) is 1.60. The topological polar surface area (TPSA) is 102 Å². The highest BCUT2D eigenvalue weighted by Gasteiger charge is 2.55. The Hall–Kier alpha value is -3.66. The van der Waals surface area contributed by atoms with Gasteiger partial charge in [0.1, 0.15) is 12.1 Å². The van der Waals surface area contributed by atoms with Gasteiger partial charge in [-0.15, -0.1) is 0 Å². The molecule has 4 amide bonds. The van der Waals surface area contributed by atoms with Crippen molar-refractivity contribution in [3.8, 4) is 6.07 Å². The van der Waals surface area contributed by atoms with Crippen LogP contribution in [-0.2, 0) is 21.5 Å². The number of fused-ring (bicyclic) bond motifs is 2. The lowest BCUT2D eigenvalue weighted by Crippen LogP contribution is -2.43. The minimum Gasteiger partial charge on any atom is -0.324 e. The summed E-state index contributed by atoms with van der Waals surface area (Å²) >= 11 is 0. The standard InChI is InChI=1S/C20H16N4O3/c21-11-13-4-3-6-15(10-13)22-17(25)12-24-18(26)20(23-19(24)27)9-8-14-5-1-2-7-16(14)20/h1-7,10H,8-9,12H2,(H,22,25)(H,23,27)/t20-/m0/s1. The zero-order valence-corrected chi connectivity index (χ0v) is 14.4. The first-order chi connectivity index (χ1) is 13.0. The third-order valence-corrected chi connectivity index (χ3v) is 5.00. The van der Waals surface area contributed by atoms with Crippen molar-refractivity contribution in [1.82, 2.24) is 10.2 Å². The highest BCUT2D eigenvalue weighted by Crippen LogP contribution is 2.41. The number of hydrogen-bond acceptors (Lipinski definition) is 4. The number of nitriles is 1. The van der Waals surface area contributed by atoms with Gasteiger partial charge >= 0.3 is 6.03 Å². The van der Waals surface area contributed by atoms with Crippen molar-refractivity contribution in [2.45, 2.75) is 18.4 Å². The van der Waals surface area contributed by atoms with Crippen LogP contribution in [0, 0.1) is 11.3 Å². The number of nitrogens with zero attached hydrogens (tertiary/aromatic N) is 2. The van der Waals surface area contributed by atoms with Gasteiger partial charge in [-0.2, -0.15) is 5.26 Å².